The first kappa shape index (κ1) is 20.9. The molecule has 1 aromatic rings. The second-order valence-electron chi connectivity index (χ2n) is 7.17. The van der Waals surface area contributed by atoms with Crippen LogP contribution < -0.4 is 11.1 Å². The van der Waals surface area contributed by atoms with Gasteiger partial charge in [-0.15, -0.1) is 0 Å². The van der Waals surface area contributed by atoms with E-state index in [1.807, 2.05) is 20.8 Å². The summed E-state index contributed by atoms with van der Waals surface area (Å²) in [6.45, 7) is 7.10. The van der Waals surface area contributed by atoms with Crippen molar-refractivity contribution in [2.45, 2.75) is 56.9 Å². The predicted octanol–water partition coefficient (Wildman–Crippen LogP) is 2.03. The van der Waals surface area contributed by atoms with E-state index in [9.17, 15) is 13.2 Å². The highest BCUT2D eigenvalue weighted by Gasteiger charge is 2.34. The van der Waals surface area contributed by atoms with E-state index in [0.717, 1.165) is 18.4 Å². The quantitative estimate of drug-likeness (QED) is 0.756. The lowest BCUT2D eigenvalue weighted by molar-refractivity contribution is -0.128. The zero-order valence-corrected chi connectivity index (χ0v) is 16.8. The van der Waals surface area contributed by atoms with Gasteiger partial charge in [0.2, 0.25) is 15.9 Å². The number of nitrogens with one attached hydrogen (secondary N) is 1. The van der Waals surface area contributed by atoms with Crippen molar-refractivity contribution < 1.29 is 13.2 Å². The molecule has 1 aromatic carbocycles. The molecule has 0 radical (unpaired) electrons. The Kier molecular flexibility index (Phi) is 6.82. The summed E-state index contributed by atoms with van der Waals surface area (Å²) in [6, 6.07) is 6.88. The lowest BCUT2D eigenvalue weighted by Gasteiger charge is -2.35. The summed E-state index contributed by atoms with van der Waals surface area (Å²) in [6.07, 6.45) is 2.63. The molecule has 1 fully saturated rings. The number of carbonyl (C=O) groups excluding carboxylic acids is 1. The molecule has 0 spiro atoms. The number of hydrogen-bond acceptors (Lipinski definition) is 4. The van der Waals surface area contributed by atoms with Gasteiger partial charge in [0.25, 0.3) is 0 Å². The number of hydrogen-bond donors (Lipinski definition) is 2. The summed E-state index contributed by atoms with van der Waals surface area (Å²) >= 11 is 0. The highest BCUT2D eigenvalue weighted by Crippen LogP contribution is 2.25. The summed E-state index contributed by atoms with van der Waals surface area (Å²) in [5.41, 5.74) is 6.52. The molecule has 1 heterocycles. The molecule has 0 aliphatic carbocycles. The van der Waals surface area contributed by atoms with Crippen LogP contribution in [0.25, 0.3) is 0 Å². The van der Waals surface area contributed by atoms with Crippen molar-refractivity contribution in [3.05, 3.63) is 29.8 Å². The Labute approximate surface area is 157 Å². The number of benzene rings is 1. The van der Waals surface area contributed by atoms with Crippen LogP contribution in [0.2, 0.25) is 0 Å². The standard InChI is InChI=1S/C19H31N3O3S/c1-4-19(5-2,14-20)21-18(23)16-10-12-22(13-11-16)26(24,25)17-8-6-15(3)7-9-17/h6-9,16H,4-5,10-14,20H2,1-3H3,(H,21,23). The fourth-order valence-corrected chi connectivity index (χ4v) is 4.82. The van der Waals surface area contributed by atoms with Crippen LogP contribution in [0.4, 0.5) is 0 Å². The Balaban J connectivity index is 2.00. The monoisotopic (exact) mass is 381 g/mol. The SMILES string of the molecule is CCC(CC)(CN)NC(=O)C1CCN(S(=O)(=O)c2ccc(C)cc2)CC1. The Bertz CT molecular complexity index is 696. The number of rotatable bonds is 7. The van der Waals surface area contributed by atoms with Crippen molar-refractivity contribution in [3.63, 3.8) is 0 Å². The zero-order valence-electron chi connectivity index (χ0n) is 16.0. The van der Waals surface area contributed by atoms with Gasteiger partial charge in [0.15, 0.2) is 0 Å². The van der Waals surface area contributed by atoms with Crippen LogP contribution in [0.5, 0.6) is 0 Å². The number of carbonyl (C=O) groups is 1. The largest absolute Gasteiger partial charge is 0.349 e. The number of sulfonamides is 1. The molecule has 1 aliphatic rings. The molecule has 2 rings (SSSR count). The Morgan fingerprint density at radius 2 is 1.73 bits per heavy atom. The van der Waals surface area contributed by atoms with E-state index in [4.69, 9.17) is 5.73 Å². The van der Waals surface area contributed by atoms with E-state index >= 15 is 0 Å². The van der Waals surface area contributed by atoms with Crippen molar-refractivity contribution >= 4 is 15.9 Å². The highest BCUT2D eigenvalue weighted by molar-refractivity contribution is 7.89. The van der Waals surface area contributed by atoms with E-state index in [-0.39, 0.29) is 17.4 Å². The fourth-order valence-electron chi connectivity index (χ4n) is 3.35. The molecule has 1 amide bonds. The average molecular weight is 382 g/mol. The van der Waals surface area contributed by atoms with Gasteiger partial charge in [-0.3, -0.25) is 4.79 Å². The lowest BCUT2D eigenvalue weighted by atomic mass is 9.90. The Morgan fingerprint density at radius 1 is 1.19 bits per heavy atom. The zero-order chi connectivity index (χ0) is 19.4. The van der Waals surface area contributed by atoms with E-state index in [1.165, 1.54) is 4.31 Å². The number of piperidine rings is 1. The topological polar surface area (TPSA) is 92.5 Å². The van der Waals surface area contributed by atoms with Crippen molar-refractivity contribution in [2.24, 2.45) is 11.7 Å². The van der Waals surface area contributed by atoms with Gasteiger partial charge in [0, 0.05) is 25.6 Å². The molecule has 0 bridgehead atoms. The second kappa shape index (κ2) is 8.50. The van der Waals surface area contributed by atoms with E-state index in [0.29, 0.717) is 37.4 Å². The predicted molar refractivity (Wildman–Crippen MR) is 103 cm³/mol. The second-order valence-corrected chi connectivity index (χ2v) is 9.11. The van der Waals surface area contributed by atoms with Crippen molar-refractivity contribution in [3.8, 4) is 0 Å². The average Bonchev–Trinajstić information content (AvgIpc) is 2.66. The van der Waals surface area contributed by atoms with Crippen LogP contribution >= 0.6 is 0 Å². The van der Waals surface area contributed by atoms with Crippen LogP contribution in [0.1, 0.15) is 45.1 Å². The maximum atomic E-state index is 12.8. The first-order chi connectivity index (χ1) is 12.3. The smallest absolute Gasteiger partial charge is 0.243 e. The molecular weight excluding hydrogens is 350 g/mol. The van der Waals surface area contributed by atoms with Crippen molar-refractivity contribution in [2.75, 3.05) is 19.6 Å². The van der Waals surface area contributed by atoms with Gasteiger partial charge in [-0.25, -0.2) is 8.42 Å². The molecule has 0 saturated carbocycles. The van der Waals surface area contributed by atoms with Crippen LogP contribution in [0, 0.1) is 12.8 Å². The summed E-state index contributed by atoms with van der Waals surface area (Å²) in [5.74, 6) is -0.171. The first-order valence-corrected chi connectivity index (χ1v) is 10.8. The van der Waals surface area contributed by atoms with E-state index < -0.39 is 10.0 Å². The molecule has 26 heavy (non-hydrogen) atoms. The van der Waals surface area contributed by atoms with Gasteiger partial charge >= 0.3 is 0 Å². The van der Waals surface area contributed by atoms with Crippen LogP contribution in [-0.2, 0) is 14.8 Å². The minimum Gasteiger partial charge on any atom is -0.349 e. The summed E-state index contributed by atoms with van der Waals surface area (Å²) in [4.78, 5) is 12.9. The molecule has 0 unspecified atom stereocenters. The number of nitrogens with zero attached hydrogens (tertiary/aromatic N) is 1. The van der Waals surface area contributed by atoms with Gasteiger partial charge in [-0.1, -0.05) is 31.5 Å². The van der Waals surface area contributed by atoms with E-state index in [2.05, 4.69) is 5.32 Å². The van der Waals surface area contributed by atoms with Crippen LogP contribution in [-0.4, -0.2) is 43.8 Å². The summed E-state index contributed by atoms with van der Waals surface area (Å²) in [7, 11) is -3.50. The number of aryl methyl sites for hydroxylation is 1. The van der Waals surface area contributed by atoms with Gasteiger partial charge in [-0.05, 0) is 44.7 Å². The minimum atomic E-state index is -3.50. The van der Waals surface area contributed by atoms with Crippen LogP contribution in [0.15, 0.2) is 29.2 Å². The van der Waals surface area contributed by atoms with E-state index in [1.54, 1.807) is 24.3 Å². The third-order valence-electron chi connectivity index (χ3n) is 5.62. The number of nitrogens with two attached hydrogens (primary N) is 1. The summed E-state index contributed by atoms with van der Waals surface area (Å²) < 4.78 is 27.0. The molecule has 1 saturated heterocycles. The highest BCUT2D eigenvalue weighted by atomic mass is 32.2. The molecule has 0 atom stereocenters. The van der Waals surface area contributed by atoms with Gasteiger partial charge < -0.3 is 11.1 Å². The van der Waals surface area contributed by atoms with Gasteiger partial charge in [-0.2, -0.15) is 4.31 Å². The Hall–Kier alpha value is -1.44. The molecule has 7 heteroatoms. The normalized spacial score (nSPS) is 17.2. The fraction of sp³-hybridized carbons (Fsp3) is 0.632. The Morgan fingerprint density at radius 3 is 2.19 bits per heavy atom. The molecule has 0 aromatic heterocycles. The molecule has 3 N–H and O–H groups in total. The third-order valence-corrected chi connectivity index (χ3v) is 7.53. The third kappa shape index (κ3) is 4.45. The summed E-state index contributed by atoms with van der Waals surface area (Å²) in [5, 5.41) is 3.11. The van der Waals surface area contributed by atoms with Crippen molar-refractivity contribution in [1.82, 2.24) is 9.62 Å². The maximum Gasteiger partial charge on any atom is 0.243 e. The van der Waals surface area contributed by atoms with Gasteiger partial charge in [0.05, 0.1) is 10.4 Å². The molecule has 6 nitrogen and oxygen atoms in total. The minimum absolute atomic E-state index is 0.00784. The number of amides is 1. The van der Waals surface area contributed by atoms with Crippen LogP contribution in [0.3, 0.4) is 0 Å². The van der Waals surface area contributed by atoms with Gasteiger partial charge in [0.1, 0.15) is 0 Å². The maximum absolute atomic E-state index is 12.8. The molecular formula is C19H31N3O3S. The molecule has 1 aliphatic heterocycles. The van der Waals surface area contributed by atoms with Crippen molar-refractivity contribution in [1.29, 1.82) is 0 Å². The first-order valence-electron chi connectivity index (χ1n) is 9.37. The lowest BCUT2D eigenvalue weighted by Crippen LogP contribution is -2.55. The molecule has 146 valence electrons.